The Morgan fingerprint density at radius 2 is 2.06 bits per heavy atom. The SMILES string of the molecule is Cc1ccccc1NC(=O)NC1CCCC(C)C1. The van der Waals surface area contributed by atoms with Crippen LogP contribution >= 0.6 is 0 Å². The first-order valence-electron chi connectivity index (χ1n) is 6.78. The van der Waals surface area contributed by atoms with Gasteiger partial charge in [0.25, 0.3) is 0 Å². The molecule has 2 rings (SSSR count). The van der Waals surface area contributed by atoms with Gasteiger partial charge >= 0.3 is 6.03 Å². The Labute approximate surface area is 109 Å². The average Bonchev–Trinajstić information content (AvgIpc) is 2.32. The Morgan fingerprint density at radius 1 is 1.28 bits per heavy atom. The predicted octanol–water partition coefficient (Wildman–Crippen LogP) is 3.70. The summed E-state index contributed by atoms with van der Waals surface area (Å²) in [5, 5.41) is 6.00. The number of para-hydroxylation sites is 1. The molecule has 98 valence electrons. The fourth-order valence-electron chi connectivity index (χ4n) is 2.62. The van der Waals surface area contributed by atoms with E-state index in [4.69, 9.17) is 0 Å². The first-order valence-corrected chi connectivity index (χ1v) is 6.78. The molecule has 1 fully saturated rings. The van der Waals surface area contributed by atoms with Crippen molar-refractivity contribution in [3.63, 3.8) is 0 Å². The molecule has 1 aromatic carbocycles. The van der Waals surface area contributed by atoms with Crippen LogP contribution in [0.2, 0.25) is 0 Å². The molecule has 0 aliphatic heterocycles. The minimum Gasteiger partial charge on any atom is -0.335 e. The number of aryl methyl sites for hydroxylation is 1. The van der Waals surface area contributed by atoms with Crippen LogP contribution in [-0.2, 0) is 0 Å². The fraction of sp³-hybridized carbons (Fsp3) is 0.533. The minimum atomic E-state index is -0.0802. The molecule has 0 spiro atoms. The summed E-state index contributed by atoms with van der Waals surface area (Å²) in [5.74, 6) is 0.725. The van der Waals surface area contributed by atoms with E-state index in [-0.39, 0.29) is 6.03 Å². The molecule has 2 N–H and O–H groups in total. The lowest BCUT2D eigenvalue weighted by atomic mass is 9.87. The molecule has 3 heteroatoms. The zero-order chi connectivity index (χ0) is 13.0. The van der Waals surface area contributed by atoms with Crippen molar-refractivity contribution in [2.24, 2.45) is 5.92 Å². The molecular formula is C15H22N2O. The van der Waals surface area contributed by atoms with Gasteiger partial charge in [-0.1, -0.05) is 38.0 Å². The molecule has 2 amide bonds. The van der Waals surface area contributed by atoms with E-state index >= 15 is 0 Å². The van der Waals surface area contributed by atoms with Gasteiger partial charge in [0.1, 0.15) is 0 Å². The van der Waals surface area contributed by atoms with Crippen LogP contribution in [-0.4, -0.2) is 12.1 Å². The molecule has 2 unspecified atom stereocenters. The molecule has 0 saturated heterocycles. The van der Waals surface area contributed by atoms with Gasteiger partial charge in [-0.3, -0.25) is 0 Å². The van der Waals surface area contributed by atoms with E-state index in [0.29, 0.717) is 6.04 Å². The number of benzene rings is 1. The van der Waals surface area contributed by atoms with Gasteiger partial charge in [0.2, 0.25) is 0 Å². The number of urea groups is 1. The van der Waals surface area contributed by atoms with Gasteiger partial charge in [-0.2, -0.15) is 0 Å². The first-order chi connectivity index (χ1) is 8.65. The average molecular weight is 246 g/mol. The molecular weight excluding hydrogens is 224 g/mol. The number of rotatable bonds is 2. The molecule has 0 heterocycles. The van der Waals surface area contributed by atoms with Crippen molar-refractivity contribution >= 4 is 11.7 Å². The number of hydrogen-bond donors (Lipinski definition) is 2. The third kappa shape index (κ3) is 3.49. The molecule has 1 aliphatic carbocycles. The van der Waals surface area contributed by atoms with Crippen molar-refractivity contribution in [1.82, 2.24) is 5.32 Å². The van der Waals surface area contributed by atoms with Crippen molar-refractivity contribution < 1.29 is 4.79 Å². The zero-order valence-electron chi connectivity index (χ0n) is 11.2. The van der Waals surface area contributed by atoms with Gasteiger partial charge in [-0.25, -0.2) is 4.79 Å². The van der Waals surface area contributed by atoms with E-state index in [9.17, 15) is 4.79 Å². The van der Waals surface area contributed by atoms with Gasteiger partial charge in [-0.05, 0) is 37.3 Å². The summed E-state index contributed by atoms with van der Waals surface area (Å²) in [6.07, 6.45) is 4.71. The maximum atomic E-state index is 11.9. The van der Waals surface area contributed by atoms with Crippen LogP contribution in [0.3, 0.4) is 0 Å². The van der Waals surface area contributed by atoms with E-state index in [1.54, 1.807) is 0 Å². The van der Waals surface area contributed by atoms with Gasteiger partial charge in [0, 0.05) is 11.7 Å². The quantitative estimate of drug-likeness (QED) is 0.821. The number of carbonyl (C=O) groups excluding carboxylic acids is 1. The zero-order valence-corrected chi connectivity index (χ0v) is 11.2. The molecule has 3 nitrogen and oxygen atoms in total. The van der Waals surface area contributed by atoms with Crippen molar-refractivity contribution in [1.29, 1.82) is 0 Å². The summed E-state index contributed by atoms with van der Waals surface area (Å²) in [6, 6.07) is 8.09. The van der Waals surface area contributed by atoms with Crippen LogP contribution in [0, 0.1) is 12.8 Å². The van der Waals surface area contributed by atoms with Crippen molar-refractivity contribution in [3.8, 4) is 0 Å². The number of anilines is 1. The first kappa shape index (κ1) is 12.9. The molecule has 0 bridgehead atoms. The third-order valence-corrected chi connectivity index (χ3v) is 3.66. The van der Waals surface area contributed by atoms with Crippen LogP contribution in [0.1, 0.15) is 38.2 Å². The van der Waals surface area contributed by atoms with Crippen molar-refractivity contribution in [2.45, 2.75) is 45.6 Å². The van der Waals surface area contributed by atoms with E-state index in [1.165, 1.54) is 12.8 Å². The largest absolute Gasteiger partial charge is 0.335 e. The maximum absolute atomic E-state index is 11.9. The Morgan fingerprint density at radius 3 is 2.78 bits per heavy atom. The second-order valence-corrected chi connectivity index (χ2v) is 5.38. The topological polar surface area (TPSA) is 41.1 Å². The lowest BCUT2D eigenvalue weighted by Gasteiger charge is -2.27. The van der Waals surface area contributed by atoms with Gasteiger partial charge in [-0.15, -0.1) is 0 Å². The summed E-state index contributed by atoms with van der Waals surface area (Å²) in [6.45, 7) is 4.26. The normalized spacial score (nSPS) is 23.4. The Kier molecular flexibility index (Phi) is 4.24. The number of amides is 2. The van der Waals surface area contributed by atoms with Crippen molar-refractivity contribution in [3.05, 3.63) is 29.8 Å². The maximum Gasteiger partial charge on any atom is 0.319 e. The van der Waals surface area contributed by atoms with E-state index in [1.807, 2.05) is 31.2 Å². The highest BCUT2D eigenvalue weighted by Gasteiger charge is 2.20. The monoisotopic (exact) mass is 246 g/mol. The standard InChI is InChI=1S/C15H22N2O/c1-11-6-5-8-13(10-11)16-15(18)17-14-9-4-3-7-12(14)2/h3-4,7,9,11,13H,5-6,8,10H2,1-2H3,(H2,16,17,18). The fourth-order valence-corrected chi connectivity index (χ4v) is 2.62. The second kappa shape index (κ2) is 5.89. The van der Waals surface area contributed by atoms with Gasteiger partial charge in [0.15, 0.2) is 0 Å². The molecule has 2 atom stereocenters. The summed E-state index contributed by atoms with van der Waals surface area (Å²) in [7, 11) is 0. The summed E-state index contributed by atoms with van der Waals surface area (Å²) in [5.41, 5.74) is 1.98. The molecule has 1 aromatic rings. The van der Waals surface area contributed by atoms with Crippen molar-refractivity contribution in [2.75, 3.05) is 5.32 Å². The summed E-state index contributed by atoms with van der Waals surface area (Å²) < 4.78 is 0. The highest BCUT2D eigenvalue weighted by molar-refractivity contribution is 5.90. The Bertz CT molecular complexity index is 417. The Balaban J connectivity index is 1.87. The molecule has 1 aliphatic rings. The molecule has 0 aromatic heterocycles. The van der Waals surface area contributed by atoms with E-state index in [0.717, 1.165) is 30.0 Å². The summed E-state index contributed by atoms with van der Waals surface area (Å²) in [4.78, 5) is 11.9. The number of hydrogen-bond acceptors (Lipinski definition) is 1. The van der Waals surface area contributed by atoms with E-state index in [2.05, 4.69) is 17.6 Å². The lowest BCUT2D eigenvalue weighted by molar-refractivity contribution is 0.238. The highest BCUT2D eigenvalue weighted by atomic mass is 16.2. The van der Waals surface area contributed by atoms with Crippen LogP contribution in [0.25, 0.3) is 0 Å². The van der Waals surface area contributed by atoms with Gasteiger partial charge < -0.3 is 10.6 Å². The number of carbonyl (C=O) groups is 1. The second-order valence-electron chi connectivity index (χ2n) is 5.38. The van der Waals surface area contributed by atoms with Crippen LogP contribution in [0.4, 0.5) is 10.5 Å². The molecule has 1 saturated carbocycles. The highest BCUT2D eigenvalue weighted by Crippen LogP contribution is 2.23. The molecule has 0 radical (unpaired) electrons. The van der Waals surface area contributed by atoms with Gasteiger partial charge in [0.05, 0.1) is 0 Å². The molecule has 18 heavy (non-hydrogen) atoms. The summed E-state index contributed by atoms with van der Waals surface area (Å²) >= 11 is 0. The lowest BCUT2D eigenvalue weighted by Crippen LogP contribution is -2.40. The number of nitrogens with one attached hydrogen (secondary N) is 2. The van der Waals surface area contributed by atoms with E-state index < -0.39 is 0 Å². The van der Waals surface area contributed by atoms with Crippen LogP contribution in [0.15, 0.2) is 24.3 Å². The predicted molar refractivity (Wildman–Crippen MR) is 74.8 cm³/mol. The van der Waals surface area contributed by atoms with Crippen LogP contribution in [0.5, 0.6) is 0 Å². The van der Waals surface area contributed by atoms with Crippen LogP contribution < -0.4 is 10.6 Å². The smallest absolute Gasteiger partial charge is 0.319 e. The third-order valence-electron chi connectivity index (χ3n) is 3.66. The minimum absolute atomic E-state index is 0.0802. The Hall–Kier alpha value is -1.51.